The number of hydrogen-bond acceptors (Lipinski definition) is 6. The minimum absolute atomic E-state index is 0.0714. The number of furan rings is 1. The van der Waals surface area contributed by atoms with E-state index in [-0.39, 0.29) is 16.7 Å². The van der Waals surface area contributed by atoms with Crippen molar-refractivity contribution in [3.8, 4) is 11.8 Å². The molecular weight excluding hydrogens is 516 g/mol. The van der Waals surface area contributed by atoms with Crippen molar-refractivity contribution in [2.75, 3.05) is 12.0 Å². The molecule has 39 heavy (non-hydrogen) atoms. The number of benzene rings is 3. The van der Waals surface area contributed by atoms with Gasteiger partial charge in [-0.25, -0.2) is 0 Å². The van der Waals surface area contributed by atoms with Crippen LogP contribution in [0.1, 0.15) is 54.1 Å². The molecule has 0 fully saturated rings. The molecule has 1 aliphatic heterocycles. The maximum atomic E-state index is 13.9. The van der Waals surface area contributed by atoms with Gasteiger partial charge in [0.25, 0.3) is 5.91 Å². The van der Waals surface area contributed by atoms with Gasteiger partial charge in [-0.3, -0.25) is 14.5 Å². The van der Waals surface area contributed by atoms with Gasteiger partial charge in [0.05, 0.1) is 30.4 Å². The molecule has 8 heteroatoms. The Morgan fingerprint density at radius 1 is 1.08 bits per heavy atom. The summed E-state index contributed by atoms with van der Waals surface area (Å²) in [4.78, 5) is 28.8. The lowest BCUT2D eigenvalue weighted by atomic mass is 9.85. The summed E-state index contributed by atoms with van der Waals surface area (Å²) < 4.78 is 11.2. The lowest BCUT2D eigenvalue weighted by Gasteiger charge is -2.27. The summed E-state index contributed by atoms with van der Waals surface area (Å²) in [6.07, 6.45) is 0. The van der Waals surface area contributed by atoms with Gasteiger partial charge in [-0.2, -0.15) is 5.26 Å². The smallest absolute Gasteiger partial charge is 0.294 e. The number of ketones is 1. The molecule has 7 nitrogen and oxygen atoms in total. The lowest BCUT2D eigenvalue weighted by Crippen LogP contribution is -2.31. The molecular formula is C31H25ClN2O5. The van der Waals surface area contributed by atoms with Crippen LogP contribution in [0, 0.1) is 11.3 Å². The first-order chi connectivity index (χ1) is 18.5. The number of anilines is 1. The van der Waals surface area contributed by atoms with Crippen molar-refractivity contribution in [2.45, 2.75) is 32.2 Å². The molecule has 0 spiro atoms. The Bertz CT molecular complexity index is 1690. The molecule has 3 aromatic carbocycles. The van der Waals surface area contributed by atoms with Crippen molar-refractivity contribution < 1.29 is 23.8 Å². The number of hydrogen-bond donors (Lipinski definition) is 1. The molecule has 5 rings (SSSR count). The Hall–Kier alpha value is -4.54. The van der Waals surface area contributed by atoms with E-state index in [0.29, 0.717) is 38.6 Å². The van der Waals surface area contributed by atoms with Crippen molar-refractivity contribution in [3.63, 3.8) is 0 Å². The van der Waals surface area contributed by atoms with Crippen LogP contribution in [0.25, 0.3) is 11.0 Å². The quantitative estimate of drug-likeness (QED) is 0.272. The van der Waals surface area contributed by atoms with Crippen LogP contribution in [0.2, 0.25) is 5.02 Å². The van der Waals surface area contributed by atoms with Gasteiger partial charge >= 0.3 is 0 Å². The fraction of sp³-hybridized carbons (Fsp3) is 0.194. The van der Waals surface area contributed by atoms with Gasteiger partial charge in [0.2, 0.25) is 5.78 Å². The van der Waals surface area contributed by atoms with Gasteiger partial charge in [0.1, 0.15) is 0 Å². The average Bonchev–Trinajstić information content (AvgIpc) is 3.46. The average molecular weight is 541 g/mol. The lowest BCUT2D eigenvalue weighted by molar-refractivity contribution is -0.117. The van der Waals surface area contributed by atoms with Crippen LogP contribution in [0.4, 0.5) is 5.69 Å². The molecule has 1 atom stereocenters. The van der Waals surface area contributed by atoms with Gasteiger partial charge in [-0.05, 0) is 52.9 Å². The molecule has 1 amide bonds. The summed E-state index contributed by atoms with van der Waals surface area (Å²) in [5.74, 6) is -1.76. The Morgan fingerprint density at radius 3 is 2.33 bits per heavy atom. The first-order valence-electron chi connectivity index (χ1n) is 12.2. The fourth-order valence-corrected chi connectivity index (χ4v) is 4.98. The van der Waals surface area contributed by atoms with Gasteiger partial charge in [0, 0.05) is 22.2 Å². The van der Waals surface area contributed by atoms with E-state index in [4.69, 9.17) is 20.8 Å². The number of Topliss-reactive ketones (excluding diaryl/α,β-unsaturated/α-hetero) is 1. The first kappa shape index (κ1) is 26.1. The number of methoxy groups -OCH3 is 1. The van der Waals surface area contributed by atoms with Gasteiger partial charge < -0.3 is 14.3 Å². The summed E-state index contributed by atoms with van der Waals surface area (Å²) >= 11 is 6.19. The first-order valence-corrected chi connectivity index (χ1v) is 12.6. The largest absolute Gasteiger partial charge is 0.503 e. The fourth-order valence-electron chi connectivity index (χ4n) is 4.76. The topological polar surface area (TPSA) is 104 Å². The normalized spacial score (nSPS) is 15.6. The van der Waals surface area contributed by atoms with E-state index in [1.807, 2.05) is 24.3 Å². The highest BCUT2D eigenvalue weighted by Crippen LogP contribution is 2.43. The summed E-state index contributed by atoms with van der Waals surface area (Å²) in [6, 6.07) is 19.8. The highest BCUT2D eigenvalue weighted by atomic mass is 35.5. The molecule has 1 unspecified atom stereocenters. The molecule has 0 saturated heterocycles. The van der Waals surface area contributed by atoms with E-state index >= 15 is 0 Å². The van der Waals surface area contributed by atoms with E-state index in [1.54, 1.807) is 36.4 Å². The zero-order chi connectivity index (χ0) is 28.1. The molecule has 196 valence electrons. The van der Waals surface area contributed by atoms with Crippen molar-refractivity contribution in [2.24, 2.45) is 0 Å². The zero-order valence-electron chi connectivity index (χ0n) is 21.8. The number of carbonyl (C=O) groups excluding carboxylic acids is 2. The van der Waals surface area contributed by atoms with Gasteiger partial charge in [-0.15, -0.1) is 0 Å². The third-order valence-corrected chi connectivity index (χ3v) is 7.03. The van der Waals surface area contributed by atoms with Crippen LogP contribution in [0.3, 0.4) is 0 Å². The van der Waals surface area contributed by atoms with Crippen LogP contribution in [-0.2, 0) is 10.2 Å². The van der Waals surface area contributed by atoms with Crippen molar-refractivity contribution in [3.05, 3.63) is 106 Å². The number of nitrogens with zero attached hydrogens (tertiary/aromatic N) is 2. The van der Waals surface area contributed by atoms with E-state index in [0.717, 1.165) is 5.56 Å². The summed E-state index contributed by atoms with van der Waals surface area (Å²) in [7, 11) is 1.46. The maximum absolute atomic E-state index is 13.9. The number of nitriles is 1. The SMILES string of the molecule is COc1cc(Cl)cc2cc(C(=O)C3=C(O)C(=O)N(c4ccc(C#N)cc4)C3c3ccc(C(C)(C)C)cc3)oc12. The van der Waals surface area contributed by atoms with Crippen molar-refractivity contribution in [1.82, 2.24) is 0 Å². The Kier molecular flexibility index (Phi) is 6.45. The van der Waals surface area contributed by atoms with E-state index in [2.05, 4.69) is 26.8 Å². The number of carbonyl (C=O) groups is 2. The minimum Gasteiger partial charge on any atom is -0.503 e. The summed E-state index contributed by atoms with van der Waals surface area (Å²) in [5, 5.41) is 21.2. The molecule has 1 aromatic heterocycles. The Labute approximate surface area is 230 Å². The molecule has 2 heterocycles. The standard InChI is InChI=1S/C31H25ClN2O5/c1-31(2,3)20-9-7-18(8-10-20)26-25(28(36)30(37)34(26)22-11-5-17(16-33)6-12-22)27(35)23-14-19-13-21(32)15-24(38-4)29(19)39-23/h5-15,26,36H,1-4H3. The second kappa shape index (κ2) is 9.64. The van der Waals surface area contributed by atoms with E-state index < -0.39 is 23.5 Å². The molecule has 1 aliphatic rings. The van der Waals surface area contributed by atoms with Crippen LogP contribution >= 0.6 is 11.6 Å². The molecule has 0 bridgehead atoms. The maximum Gasteiger partial charge on any atom is 0.294 e. The highest BCUT2D eigenvalue weighted by Gasteiger charge is 2.45. The second-order valence-corrected chi connectivity index (χ2v) is 10.8. The zero-order valence-corrected chi connectivity index (χ0v) is 22.5. The number of amides is 1. The monoisotopic (exact) mass is 540 g/mol. The predicted octanol–water partition coefficient (Wildman–Crippen LogP) is 7.05. The number of halogens is 1. The van der Waals surface area contributed by atoms with Crippen LogP contribution < -0.4 is 9.64 Å². The molecule has 4 aromatic rings. The van der Waals surface area contributed by atoms with Crippen LogP contribution in [0.5, 0.6) is 5.75 Å². The summed E-state index contributed by atoms with van der Waals surface area (Å²) in [5.41, 5.74) is 2.65. The van der Waals surface area contributed by atoms with E-state index in [1.165, 1.54) is 18.1 Å². The third-order valence-electron chi connectivity index (χ3n) is 6.81. The van der Waals surface area contributed by atoms with Crippen molar-refractivity contribution in [1.29, 1.82) is 5.26 Å². The van der Waals surface area contributed by atoms with Gasteiger partial charge in [0.15, 0.2) is 22.9 Å². The third kappa shape index (κ3) is 4.53. The Balaban J connectivity index is 1.66. The number of ether oxygens (including phenoxy) is 1. The van der Waals surface area contributed by atoms with Gasteiger partial charge in [-0.1, -0.05) is 56.6 Å². The van der Waals surface area contributed by atoms with Crippen LogP contribution in [-0.4, -0.2) is 23.9 Å². The van der Waals surface area contributed by atoms with Crippen molar-refractivity contribution >= 4 is 39.9 Å². The van der Waals surface area contributed by atoms with Crippen LogP contribution in [0.15, 0.2) is 82.5 Å². The minimum atomic E-state index is -0.939. The molecule has 0 saturated carbocycles. The Morgan fingerprint density at radius 2 is 1.74 bits per heavy atom. The predicted molar refractivity (Wildman–Crippen MR) is 148 cm³/mol. The number of aliphatic hydroxyl groups excluding tert-OH is 1. The highest BCUT2D eigenvalue weighted by molar-refractivity contribution is 6.31. The van der Waals surface area contributed by atoms with E-state index in [9.17, 15) is 20.0 Å². The number of rotatable bonds is 5. The number of aliphatic hydroxyl groups is 1. The molecule has 1 N–H and O–H groups in total. The summed E-state index contributed by atoms with van der Waals surface area (Å²) in [6.45, 7) is 6.27. The molecule has 0 radical (unpaired) electrons. The molecule has 0 aliphatic carbocycles. The number of fused-ring (bicyclic) bond motifs is 1. The second-order valence-electron chi connectivity index (χ2n) is 10.3.